The minimum absolute atomic E-state index is 0.682. The summed E-state index contributed by atoms with van der Waals surface area (Å²) in [7, 11) is 0. The van der Waals surface area contributed by atoms with Crippen molar-refractivity contribution in [1.29, 1.82) is 0 Å². The van der Waals surface area contributed by atoms with E-state index in [4.69, 9.17) is 10.2 Å². The van der Waals surface area contributed by atoms with E-state index in [1.807, 2.05) is 13.0 Å². The first-order valence-corrected chi connectivity index (χ1v) is 6.13. The molecule has 0 fully saturated rings. The van der Waals surface area contributed by atoms with E-state index in [-0.39, 0.29) is 0 Å². The van der Waals surface area contributed by atoms with E-state index in [0.717, 1.165) is 12.2 Å². The molecule has 3 heteroatoms. The van der Waals surface area contributed by atoms with Gasteiger partial charge in [-0.1, -0.05) is 30.0 Å². The van der Waals surface area contributed by atoms with E-state index in [0.29, 0.717) is 6.54 Å². The van der Waals surface area contributed by atoms with E-state index in [1.54, 1.807) is 18.0 Å². The summed E-state index contributed by atoms with van der Waals surface area (Å²) in [6.45, 7) is 2.66. The second kappa shape index (κ2) is 5.23. The van der Waals surface area contributed by atoms with Crippen molar-refractivity contribution in [3.63, 3.8) is 0 Å². The number of hydrogen-bond acceptors (Lipinski definition) is 3. The molecule has 0 saturated carbocycles. The van der Waals surface area contributed by atoms with Crippen LogP contribution in [-0.2, 0) is 6.42 Å². The van der Waals surface area contributed by atoms with Crippen LogP contribution < -0.4 is 5.73 Å². The van der Waals surface area contributed by atoms with Crippen molar-refractivity contribution in [2.24, 2.45) is 5.73 Å². The summed E-state index contributed by atoms with van der Waals surface area (Å²) in [6, 6.07) is 10.4. The second-order valence-electron chi connectivity index (χ2n) is 3.59. The molecular formula is C13H15NOS. The Morgan fingerprint density at radius 3 is 2.69 bits per heavy atom. The zero-order chi connectivity index (χ0) is 11.4. The van der Waals surface area contributed by atoms with E-state index in [9.17, 15) is 0 Å². The van der Waals surface area contributed by atoms with Gasteiger partial charge in [0.15, 0.2) is 0 Å². The summed E-state index contributed by atoms with van der Waals surface area (Å²) in [6.07, 6.45) is 2.64. The van der Waals surface area contributed by atoms with Crippen LogP contribution in [0.15, 0.2) is 50.8 Å². The molecule has 84 valence electrons. The fourth-order valence-electron chi connectivity index (χ4n) is 1.56. The quantitative estimate of drug-likeness (QED) is 0.881. The van der Waals surface area contributed by atoms with Gasteiger partial charge in [-0.05, 0) is 37.6 Å². The molecule has 1 aromatic heterocycles. The lowest BCUT2D eigenvalue weighted by atomic mass is 10.1. The first kappa shape index (κ1) is 11.3. The molecule has 0 atom stereocenters. The number of benzene rings is 1. The third-order valence-corrected chi connectivity index (χ3v) is 3.68. The van der Waals surface area contributed by atoms with Crippen LogP contribution in [-0.4, -0.2) is 6.54 Å². The standard InChI is InChI=1S/C13H15NOS/c1-10-12(7-9-15-10)16-13-5-3-2-4-11(13)6-8-14/h2-5,7,9H,6,8,14H2,1H3. The Kier molecular flexibility index (Phi) is 3.70. The van der Waals surface area contributed by atoms with Crippen LogP contribution in [0.5, 0.6) is 0 Å². The predicted molar refractivity (Wildman–Crippen MR) is 66.8 cm³/mol. The maximum absolute atomic E-state index is 5.60. The van der Waals surface area contributed by atoms with Crippen molar-refractivity contribution < 1.29 is 4.42 Å². The van der Waals surface area contributed by atoms with Crippen LogP contribution in [0.1, 0.15) is 11.3 Å². The van der Waals surface area contributed by atoms with E-state index >= 15 is 0 Å². The van der Waals surface area contributed by atoms with Gasteiger partial charge < -0.3 is 10.2 Å². The zero-order valence-electron chi connectivity index (χ0n) is 9.27. The summed E-state index contributed by atoms with van der Waals surface area (Å²) >= 11 is 1.74. The molecule has 0 radical (unpaired) electrons. The Morgan fingerprint density at radius 1 is 1.19 bits per heavy atom. The highest BCUT2D eigenvalue weighted by atomic mass is 32.2. The highest BCUT2D eigenvalue weighted by Crippen LogP contribution is 2.33. The molecule has 0 bridgehead atoms. The average Bonchev–Trinajstić information content (AvgIpc) is 2.68. The van der Waals surface area contributed by atoms with E-state index < -0.39 is 0 Å². The zero-order valence-corrected chi connectivity index (χ0v) is 10.1. The normalized spacial score (nSPS) is 10.6. The Balaban J connectivity index is 2.24. The molecule has 2 nitrogen and oxygen atoms in total. The molecule has 2 rings (SSSR count). The molecule has 0 aliphatic carbocycles. The fraction of sp³-hybridized carbons (Fsp3) is 0.231. The molecule has 16 heavy (non-hydrogen) atoms. The van der Waals surface area contributed by atoms with Crippen LogP contribution in [0.2, 0.25) is 0 Å². The molecule has 1 heterocycles. The number of rotatable bonds is 4. The van der Waals surface area contributed by atoms with Crippen LogP contribution in [0.4, 0.5) is 0 Å². The Labute approximate surface area is 99.8 Å². The Hall–Kier alpha value is -1.19. The minimum Gasteiger partial charge on any atom is -0.468 e. The number of nitrogens with two attached hydrogens (primary N) is 1. The molecule has 2 N–H and O–H groups in total. The smallest absolute Gasteiger partial charge is 0.114 e. The SMILES string of the molecule is Cc1occc1Sc1ccccc1CCN. The lowest BCUT2D eigenvalue weighted by Crippen LogP contribution is -2.03. The van der Waals surface area contributed by atoms with E-state index in [1.165, 1.54) is 15.4 Å². The van der Waals surface area contributed by atoms with Gasteiger partial charge in [0.25, 0.3) is 0 Å². The van der Waals surface area contributed by atoms with Gasteiger partial charge in [-0.2, -0.15) is 0 Å². The summed E-state index contributed by atoms with van der Waals surface area (Å²) in [5, 5.41) is 0. The van der Waals surface area contributed by atoms with E-state index in [2.05, 4.69) is 24.3 Å². The van der Waals surface area contributed by atoms with Crippen molar-refractivity contribution in [3.8, 4) is 0 Å². The summed E-state index contributed by atoms with van der Waals surface area (Å²) < 4.78 is 5.29. The lowest BCUT2D eigenvalue weighted by Gasteiger charge is -2.06. The van der Waals surface area contributed by atoms with Crippen LogP contribution in [0, 0.1) is 6.92 Å². The predicted octanol–water partition coefficient (Wildman–Crippen LogP) is 3.24. The van der Waals surface area contributed by atoms with Crippen LogP contribution in [0.25, 0.3) is 0 Å². The van der Waals surface area contributed by atoms with Gasteiger partial charge in [0, 0.05) is 4.90 Å². The highest BCUT2D eigenvalue weighted by molar-refractivity contribution is 7.99. The van der Waals surface area contributed by atoms with Crippen molar-refractivity contribution in [1.82, 2.24) is 0 Å². The van der Waals surface area contributed by atoms with Gasteiger partial charge in [-0.15, -0.1) is 0 Å². The van der Waals surface area contributed by atoms with Crippen LogP contribution in [0.3, 0.4) is 0 Å². The topological polar surface area (TPSA) is 39.2 Å². The van der Waals surface area contributed by atoms with Crippen molar-refractivity contribution >= 4 is 11.8 Å². The molecular weight excluding hydrogens is 218 g/mol. The van der Waals surface area contributed by atoms with Gasteiger partial charge >= 0.3 is 0 Å². The summed E-state index contributed by atoms with van der Waals surface area (Å²) in [4.78, 5) is 2.43. The first-order chi connectivity index (χ1) is 7.81. The molecule has 0 unspecified atom stereocenters. The molecule has 0 spiro atoms. The Morgan fingerprint density at radius 2 is 2.00 bits per heavy atom. The molecule has 0 aliphatic rings. The number of furan rings is 1. The third-order valence-electron chi connectivity index (χ3n) is 2.42. The Bertz CT molecular complexity index is 464. The minimum atomic E-state index is 0.682. The van der Waals surface area contributed by atoms with Crippen molar-refractivity contribution in [2.45, 2.75) is 23.1 Å². The van der Waals surface area contributed by atoms with Gasteiger partial charge in [0.2, 0.25) is 0 Å². The van der Waals surface area contributed by atoms with Gasteiger partial charge in [0.05, 0.1) is 11.2 Å². The van der Waals surface area contributed by atoms with Gasteiger partial charge in [0.1, 0.15) is 5.76 Å². The fourth-order valence-corrected chi connectivity index (χ4v) is 2.56. The molecule has 0 aliphatic heterocycles. The molecule has 1 aromatic carbocycles. The van der Waals surface area contributed by atoms with Crippen molar-refractivity contribution in [3.05, 3.63) is 47.9 Å². The summed E-state index contributed by atoms with van der Waals surface area (Å²) in [5.74, 6) is 0.965. The average molecular weight is 233 g/mol. The molecule has 2 aromatic rings. The maximum Gasteiger partial charge on any atom is 0.114 e. The number of aryl methyl sites for hydroxylation is 1. The van der Waals surface area contributed by atoms with Crippen LogP contribution >= 0.6 is 11.8 Å². The first-order valence-electron chi connectivity index (χ1n) is 5.31. The third kappa shape index (κ3) is 2.49. The number of hydrogen-bond donors (Lipinski definition) is 1. The van der Waals surface area contributed by atoms with Gasteiger partial charge in [-0.25, -0.2) is 0 Å². The molecule has 0 amide bonds. The van der Waals surface area contributed by atoms with Gasteiger partial charge in [-0.3, -0.25) is 0 Å². The summed E-state index contributed by atoms with van der Waals surface area (Å²) in [5.41, 5.74) is 6.91. The second-order valence-corrected chi connectivity index (χ2v) is 4.67. The highest BCUT2D eigenvalue weighted by Gasteiger charge is 2.06. The maximum atomic E-state index is 5.60. The monoisotopic (exact) mass is 233 g/mol. The largest absolute Gasteiger partial charge is 0.468 e. The van der Waals surface area contributed by atoms with Crippen molar-refractivity contribution in [2.75, 3.05) is 6.54 Å². The molecule has 0 saturated heterocycles. The lowest BCUT2D eigenvalue weighted by molar-refractivity contribution is 0.527.